The fourth-order valence-electron chi connectivity index (χ4n) is 1.48. The quantitative estimate of drug-likeness (QED) is 0.872. The first kappa shape index (κ1) is 15.5. The third-order valence-electron chi connectivity index (χ3n) is 2.53. The summed E-state index contributed by atoms with van der Waals surface area (Å²) in [6, 6.07) is 2.61. The van der Waals surface area contributed by atoms with Gasteiger partial charge in [0.15, 0.2) is 12.3 Å². The Hall–Kier alpha value is -2.90. The molecule has 0 unspecified atom stereocenters. The van der Waals surface area contributed by atoms with Gasteiger partial charge in [-0.25, -0.2) is 18.6 Å². The molecule has 2 aromatic rings. The fraction of sp³-hybridized carbons (Fsp3) is 0.143. The molecule has 1 amide bonds. The summed E-state index contributed by atoms with van der Waals surface area (Å²) in [5.41, 5.74) is 0.224. The van der Waals surface area contributed by atoms with Gasteiger partial charge in [0.25, 0.3) is 5.91 Å². The number of rotatable bonds is 4. The lowest BCUT2D eigenvalue weighted by atomic mass is 10.3. The molecule has 0 saturated heterocycles. The second-order valence-electron chi connectivity index (χ2n) is 4.29. The lowest BCUT2D eigenvalue weighted by Crippen LogP contribution is -2.22. The first-order valence-electron chi connectivity index (χ1n) is 6.16. The maximum absolute atomic E-state index is 13.3. The lowest BCUT2D eigenvalue weighted by molar-refractivity contribution is -0.119. The molecule has 0 atom stereocenters. The van der Waals surface area contributed by atoms with Crippen molar-refractivity contribution in [3.8, 4) is 0 Å². The number of nitrogens with zero attached hydrogens (tertiary/aromatic N) is 2. The SMILES string of the molecule is Cc1cnc(C(=O)OCC(=O)Nc2cc(F)ccc2F)cn1. The van der Waals surface area contributed by atoms with Crippen LogP contribution in [0.3, 0.4) is 0 Å². The molecule has 1 aromatic carbocycles. The minimum atomic E-state index is -0.845. The molecular weight excluding hydrogens is 296 g/mol. The number of halogens is 2. The topological polar surface area (TPSA) is 81.2 Å². The largest absolute Gasteiger partial charge is 0.451 e. The number of anilines is 1. The normalized spacial score (nSPS) is 10.1. The lowest BCUT2D eigenvalue weighted by Gasteiger charge is -2.07. The van der Waals surface area contributed by atoms with E-state index >= 15 is 0 Å². The Morgan fingerprint density at radius 3 is 2.68 bits per heavy atom. The van der Waals surface area contributed by atoms with Gasteiger partial charge in [-0.15, -0.1) is 0 Å². The van der Waals surface area contributed by atoms with Crippen LogP contribution < -0.4 is 5.32 Å². The first-order valence-corrected chi connectivity index (χ1v) is 6.16. The third-order valence-corrected chi connectivity index (χ3v) is 2.53. The molecule has 8 heteroatoms. The predicted octanol–water partition coefficient (Wildman–Crippen LogP) is 1.86. The Labute approximate surface area is 124 Å². The molecule has 0 aliphatic carbocycles. The molecule has 1 heterocycles. The number of carbonyl (C=O) groups excluding carboxylic acids is 2. The van der Waals surface area contributed by atoms with E-state index < -0.39 is 30.1 Å². The van der Waals surface area contributed by atoms with Crippen molar-refractivity contribution in [3.05, 3.63) is 53.6 Å². The van der Waals surface area contributed by atoms with Crippen LogP contribution in [0.1, 0.15) is 16.2 Å². The van der Waals surface area contributed by atoms with Gasteiger partial charge in [0, 0.05) is 12.3 Å². The van der Waals surface area contributed by atoms with Crippen molar-refractivity contribution in [3.63, 3.8) is 0 Å². The van der Waals surface area contributed by atoms with Gasteiger partial charge in [-0.05, 0) is 19.1 Å². The number of aryl methyl sites for hydroxylation is 1. The Morgan fingerprint density at radius 1 is 1.23 bits per heavy atom. The molecule has 0 aliphatic rings. The van der Waals surface area contributed by atoms with E-state index in [1.165, 1.54) is 12.4 Å². The zero-order chi connectivity index (χ0) is 16.1. The van der Waals surface area contributed by atoms with Crippen LogP contribution in [0.2, 0.25) is 0 Å². The summed E-state index contributed by atoms with van der Waals surface area (Å²) in [5, 5.41) is 2.10. The molecule has 1 N–H and O–H groups in total. The summed E-state index contributed by atoms with van der Waals surface area (Å²) in [6.07, 6.45) is 2.58. The molecule has 114 valence electrons. The maximum atomic E-state index is 13.3. The van der Waals surface area contributed by atoms with Crippen LogP contribution in [0.25, 0.3) is 0 Å². The average molecular weight is 307 g/mol. The Kier molecular flexibility index (Phi) is 4.72. The van der Waals surface area contributed by atoms with Crippen LogP contribution in [0.4, 0.5) is 14.5 Å². The number of carbonyl (C=O) groups is 2. The second kappa shape index (κ2) is 6.70. The first-order chi connectivity index (χ1) is 10.5. The molecular formula is C14H11F2N3O3. The van der Waals surface area contributed by atoms with Crippen LogP contribution in [-0.2, 0) is 9.53 Å². The molecule has 0 bridgehead atoms. The van der Waals surface area contributed by atoms with Gasteiger partial charge >= 0.3 is 5.97 Å². The molecule has 6 nitrogen and oxygen atoms in total. The van der Waals surface area contributed by atoms with Crippen molar-refractivity contribution in [1.82, 2.24) is 9.97 Å². The molecule has 1 aromatic heterocycles. The van der Waals surface area contributed by atoms with E-state index in [-0.39, 0.29) is 11.4 Å². The predicted molar refractivity (Wildman–Crippen MR) is 72.0 cm³/mol. The van der Waals surface area contributed by atoms with Gasteiger partial charge in [0.2, 0.25) is 0 Å². The van der Waals surface area contributed by atoms with Crippen LogP contribution >= 0.6 is 0 Å². The molecule has 0 fully saturated rings. The summed E-state index contributed by atoms with van der Waals surface area (Å²) >= 11 is 0. The van der Waals surface area contributed by atoms with Gasteiger partial charge in [0.05, 0.1) is 17.6 Å². The van der Waals surface area contributed by atoms with Gasteiger partial charge in [0.1, 0.15) is 11.6 Å². The average Bonchev–Trinajstić information content (AvgIpc) is 2.49. The summed E-state index contributed by atoms with van der Waals surface area (Å²) in [7, 11) is 0. The van der Waals surface area contributed by atoms with Crippen LogP contribution in [0.5, 0.6) is 0 Å². The van der Waals surface area contributed by atoms with Crippen molar-refractivity contribution in [2.45, 2.75) is 6.92 Å². The molecule has 22 heavy (non-hydrogen) atoms. The van der Waals surface area contributed by atoms with Crippen LogP contribution in [0.15, 0.2) is 30.6 Å². The van der Waals surface area contributed by atoms with Crippen molar-refractivity contribution < 1.29 is 23.1 Å². The van der Waals surface area contributed by atoms with E-state index in [9.17, 15) is 18.4 Å². The number of esters is 1. The number of benzene rings is 1. The number of hydrogen-bond acceptors (Lipinski definition) is 5. The summed E-state index contributed by atoms with van der Waals surface area (Å²) in [4.78, 5) is 30.8. The highest BCUT2D eigenvalue weighted by molar-refractivity contribution is 5.94. The van der Waals surface area contributed by atoms with Crippen molar-refractivity contribution >= 4 is 17.6 Å². The number of aromatic nitrogens is 2. The maximum Gasteiger partial charge on any atom is 0.359 e. The van der Waals surface area contributed by atoms with Crippen molar-refractivity contribution in [2.75, 3.05) is 11.9 Å². The number of ether oxygens (including phenoxy) is 1. The van der Waals surface area contributed by atoms with E-state index in [1.807, 2.05) is 0 Å². The smallest absolute Gasteiger partial charge is 0.359 e. The van der Waals surface area contributed by atoms with Gasteiger partial charge in [-0.3, -0.25) is 9.78 Å². The molecule has 0 saturated carbocycles. The zero-order valence-corrected chi connectivity index (χ0v) is 11.5. The van der Waals surface area contributed by atoms with E-state index in [4.69, 9.17) is 4.74 Å². The Bertz CT molecular complexity index is 705. The molecule has 0 radical (unpaired) electrons. The van der Waals surface area contributed by atoms with Crippen LogP contribution in [-0.4, -0.2) is 28.5 Å². The van der Waals surface area contributed by atoms with Crippen molar-refractivity contribution in [2.24, 2.45) is 0 Å². The molecule has 2 rings (SSSR count). The number of amides is 1. The highest BCUT2D eigenvalue weighted by atomic mass is 19.1. The van der Waals surface area contributed by atoms with Gasteiger partial charge in [-0.1, -0.05) is 0 Å². The standard InChI is InChI=1S/C14H11F2N3O3/c1-8-5-18-12(6-17-8)14(21)22-7-13(20)19-11-4-9(15)2-3-10(11)16/h2-6H,7H2,1H3,(H,19,20). The summed E-state index contributed by atoms with van der Waals surface area (Å²) in [5.74, 6) is -3.16. The van der Waals surface area contributed by atoms with E-state index in [0.29, 0.717) is 5.69 Å². The fourth-order valence-corrected chi connectivity index (χ4v) is 1.48. The van der Waals surface area contributed by atoms with Gasteiger partial charge < -0.3 is 10.1 Å². The van der Waals surface area contributed by atoms with E-state index in [1.54, 1.807) is 6.92 Å². The van der Waals surface area contributed by atoms with E-state index in [0.717, 1.165) is 18.2 Å². The monoisotopic (exact) mass is 307 g/mol. The number of hydrogen-bond donors (Lipinski definition) is 1. The Morgan fingerprint density at radius 2 is 2.00 bits per heavy atom. The highest BCUT2D eigenvalue weighted by Gasteiger charge is 2.13. The Balaban J connectivity index is 1.91. The molecule has 0 spiro atoms. The minimum absolute atomic E-state index is 0.0599. The zero-order valence-electron chi connectivity index (χ0n) is 11.5. The summed E-state index contributed by atoms with van der Waals surface area (Å²) < 4.78 is 31.0. The van der Waals surface area contributed by atoms with Gasteiger partial charge in [-0.2, -0.15) is 0 Å². The number of nitrogens with one attached hydrogen (secondary N) is 1. The van der Waals surface area contributed by atoms with E-state index in [2.05, 4.69) is 15.3 Å². The third kappa shape index (κ3) is 4.05. The van der Waals surface area contributed by atoms with Crippen LogP contribution in [0, 0.1) is 18.6 Å². The minimum Gasteiger partial charge on any atom is -0.451 e. The highest BCUT2D eigenvalue weighted by Crippen LogP contribution is 2.15. The molecule has 0 aliphatic heterocycles. The van der Waals surface area contributed by atoms with Crippen molar-refractivity contribution in [1.29, 1.82) is 0 Å². The second-order valence-corrected chi connectivity index (χ2v) is 4.29. The summed E-state index contributed by atoms with van der Waals surface area (Å²) in [6.45, 7) is 1.04.